The maximum Gasteiger partial charge on any atom is 0.253 e. The van der Waals surface area contributed by atoms with Crippen LogP contribution in [0.1, 0.15) is 23.2 Å². The first kappa shape index (κ1) is 14.3. The molecule has 0 bridgehead atoms. The Balaban J connectivity index is 1.99. The molecular weight excluding hydrogens is 308 g/mol. The van der Waals surface area contributed by atoms with E-state index >= 15 is 0 Å². The summed E-state index contributed by atoms with van der Waals surface area (Å²) in [6.07, 6.45) is 2.06. The van der Waals surface area contributed by atoms with E-state index in [0.29, 0.717) is 17.2 Å². The highest BCUT2D eigenvalue weighted by Crippen LogP contribution is 2.22. The van der Waals surface area contributed by atoms with Gasteiger partial charge in [0.05, 0.1) is 0 Å². The van der Waals surface area contributed by atoms with Gasteiger partial charge in [-0.05, 0) is 52.9 Å². The lowest BCUT2D eigenvalue weighted by atomic mass is 9.99. The first-order valence-corrected chi connectivity index (χ1v) is 7.25. The zero-order valence-corrected chi connectivity index (χ0v) is 12.6. The van der Waals surface area contributed by atoms with E-state index in [4.69, 9.17) is 10.5 Å². The summed E-state index contributed by atoms with van der Waals surface area (Å²) in [4.78, 5) is 14.1. The van der Waals surface area contributed by atoms with Gasteiger partial charge in [0.15, 0.2) is 0 Å². The molecule has 1 aliphatic heterocycles. The minimum atomic E-state index is 0.0344. The first-order chi connectivity index (χ1) is 9.08. The number of halogens is 1. The molecular formula is C14H19BrN2O2. The number of nitrogens with zero attached hydrogens (tertiary/aromatic N) is 1. The summed E-state index contributed by atoms with van der Waals surface area (Å²) in [6, 6.07) is 5.29. The van der Waals surface area contributed by atoms with Crippen LogP contribution in [0.25, 0.3) is 0 Å². The molecule has 0 atom stereocenters. The average Bonchev–Trinajstić information content (AvgIpc) is 2.42. The van der Waals surface area contributed by atoms with E-state index in [1.54, 1.807) is 23.1 Å². The van der Waals surface area contributed by atoms with Crippen molar-refractivity contribution in [1.82, 2.24) is 4.90 Å². The molecule has 2 rings (SSSR count). The quantitative estimate of drug-likeness (QED) is 0.868. The molecule has 1 fully saturated rings. The van der Waals surface area contributed by atoms with Crippen LogP contribution in [0.4, 0.5) is 5.69 Å². The number of benzene rings is 1. The Labute approximate surface area is 122 Å². The van der Waals surface area contributed by atoms with Crippen LogP contribution < -0.4 is 5.73 Å². The minimum absolute atomic E-state index is 0.0344. The molecule has 1 aromatic rings. The number of ether oxygens (including phenoxy) is 1. The molecule has 19 heavy (non-hydrogen) atoms. The monoisotopic (exact) mass is 326 g/mol. The maximum atomic E-state index is 12.3. The number of carbonyl (C=O) groups excluding carboxylic acids is 1. The molecule has 5 heteroatoms. The molecule has 4 nitrogen and oxygen atoms in total. The van der Waals surface area contributed by atoms with Gasteiger partial charge >= 0.3 is 0 Å². The van der Waals surface area contributed by atoms with E-state index in [9.17, 15) is 4.79 Å². The van der Waals surface area contributed by atoms with Crippen LogP contribution in [0.3, 0.4) is 0 Å². The Morgan fingerprint density at radius 2 is 2.16 bits per heavy atom. The fourth-order valence-corrected chi connectivity index (χ4v) is 2.66. The molecule has 0 aromatic heterocycles. The number of carbonyl (C=O) groups is 1. The number of nitrogen functional groups attached to an aromatic ring is 1. The van der Waals surface area contributed by atoms with Gasteiger partial charge in [-0.15, -0.1) is 0 Å². The third-order valence-corrected chi connectivity index (χ3v) is 4.15. The molecule has 1 amide bonds. The highest BCUT2D eigenvalue weighted by Gasteiger charge is 2.19. The largest absolute Gasteiger partial charge is 0.398 e. The normalized spacial score (nSPS) is 16.3. The topological polar surface area (TPSA) is 55.6 Å². The van der Waals surface area contributed by atoms with Crippen molar-refractivity contribution in [2.24, 2.45) is 5.92 Å². The molecule has 0 radical (unpaired) electrons. The van der Waals surface area contributed by atoms with Crippen molar-refractivity contribution >= 4 is 27.5 Å². The number of hydrogen-bond acceptors (Lipinski definition) is 3. The second kappa shape index (κ2) is 6.39. The van der Waals surface area contributed by atoms with E-state index in [2.05, 4.69) is 15.9 Å². The highest BCUT2D eigenvalue weighted by atomic mass is 79.9. The lowest BCUT2D eigenvalue weighted by molar-refractivity contribution is 0.0497. The molecule has 1 aromatic carbocycles. The van der Waals surface area contributed by atoms with Crippen LogP contribution in [-0.2, 0) is 4.74 Å². The second-order valence-corrected chi connectivity index (χ2v) is 5.83. The molecule has 1 heterocycles. The molecule has 0 spiro atoms. The van der Waals surface area contributed by atoms with Crippen molar-refractivity contribution in [2.45, 2.75) is 12.8 Å². The Morgan fingerprint density at radius 1 is 1.47 bits per heavy atom. The van der Waals surface area contributed by atoms with Gasteiger partial charge in [0.1, 0.15) is 0 Å². The van der Waals surface area contributed by atoms with Crippen molar-refractivity contribution in [3.05, 3.63) is 28.2 Å². The fourth-order valence-electron chi connectivity index (χ4n) is 2.28. The molecule has 0 aliphatic carbocycles. The van der Waals surface area contributed by atoms with Crippen LogP contribution in [0, 0.1) is 5.92 Å². The van der Waals surface area contributed by atoms with E-state index in [-0.39, 0.29) is 5.91 Å². The number of rotatable bonds is 3. The van der Waals surface area contributed by atoms with Gasteiger partial charge in [0.2, 0.25) is 0 Å². The molecule has 1 saturated heterocycles. The number of nitrogens with two attached hydrogens (primary N) is 1. The summed E-state index contributed by atoms with van der Waals surface area (Å²) in [7, 11) is 1.85. The SMILES string of the molecule is CN(CC1CCOCC1)C(=O)c1ccc(N)c(Br)c1. The molecule has 0 saturated carbocycles. The Morgan fingerprint density at radius 3 is 2.79 bits per heavy atom. The second-order valence-electron chi connectivity index (χ2n) is 4.98. The van der Waals surface area contributed by atoms with Crippen LogP contribution >= 0.6 is 15.9 Å². The summed E-state index contributed by atoms with van der Waals surface area (Å²) in [5.41, 5.74) is 7.03. The molecule has 104 valence electrons. The number of anilines is 1. The van der Waals surface area contributed by atoms with E-state index in [1.807, 2.05) is 7.05 Å². The molecule has 2 N–H and O–H groups in total. The Bertz CT molecular complexity index is 459. The lowest BCUT2D eigenvalue weighted by Crippen LogP contribution is -2.34. The van der Waals surface area contributed by atoms with Crippen LogP contribution in [0.2, 0.25) is 0 Å². The molecule has 0 unspecified atom stereocenters. The summed E-state index contributed by atoms with van der Waals surface area (Å²) in [5, 5.41) is 0. The van der Waals surface area contributed by atoms with Gasteiger partial charge in [-0.1, -0.05) is 0 Å². The van der Waals surface area contributed by atoms with Crippen LogP contribution in [0.15, 0.2) is 22.7 Å². The number of amides is 1. The minimum Gasteiger partial charge on any atom is -0.398 e. The van der Waals surface area contributed by atoms with Crippen molar-refractivity contribution in [1.29, 1.82) is 0 Å². The third-order valence-electron chi connectivity index (χ3n) is 3.47. The van der Waals surface area contributed by atoms with Gasteiger partial charge in [0, 0.05) is 42.5 Å². The lowest BCUT2D eigenvalue weighted by Gasteiger charge is -2.27. The predicted molar refractivity (Wildman–Crippen MR) is 79.1 cm³/mol. The van der Waals surface area contributed by atoms with Crippen molar-refractivity contribution in [3.63, 3.8) is 0 Å². The van der Waals surface area contributed by atoms with E-state index in [1.165, 1.54) is 0 Å². The average molecular weight is 327 g/mol. The van der Waals surface area contributed by atoms with Gasteiger partial charge in [-0.25, -0.2) is 0 Å². The molecule has 1 aliphatic rings. The Kier molecular flexibility index (Phi) is 4.82. The zero-order chi connectivity index (χ0) is 13.8. The Hall–Kier alpha value is -1.07. The zero-order valence-electron chi connectivity index (χ0n) is 11.1. The third kappa shape index (κ3) is 3.70. The van der Waals surface area contributed by atoms with E-state index in [0.717, 1.165) is 37.1 Å². The fraction of sp³-hybridized carbons (Fsp3) is 0.500. The highest BCUT2D eigenvalue weighted by molar-refractivity contribution is 9.10. The van der Waals surface area contributed by atoms with Gasteiger partial charge < -0.3 is 15.4 Å². The summed E-state index contributed by atoms with van der Waals surface area (Å²) in [5.74, 6) is 0.576. The van der Waals surface area contributed by atoms with Gasteiger partial charge in [0.25, 0.3) is 5.91 Å². The maximum absolute atomic E-state index is 12.3. The standard InChI is InChI=1S/C14H19BrN2O2/c1-17(9-10-4-6-19-7-5-10)14(18)11-2-3-13(16)12(15)8-11/h2-3,8,10H,4-7,9,16H2,1H3. The summed E-state index contributed by atoms with van der Waals surface area (Å²) < 4.78 is 6.09. The van der Waals surface area contributed by atoms with Crippen LogP contribution in [-0.4, -0.2) is 37.6 Å². The van der Waals surface area contributed by atoms with Gasteiger partial charge in [-0.2, -0.15) is 0 Å². The van der Waals surface area contributed by atoms with Crippen molar-refractivity contribution in [2.75, 3.05) is 32.5 Å². The summed E-state index contributed by atoms with van der Waals surface area (Å²) >= 11 is 3.35. The van der Waals surface area contributed by atoms with Crippen molar-refractivity contribution < 1.29 is 9.53 Å². The summed E-state index contributed by atoms with van der Waals surface area (Å²) in [6.45, 7) is 2.39. The van der Waals surface area contributed by atoms with Crippen LogP contribution in [0.5, 0.6) is 0 Å². The predicted octanol–water partition coefficient (Wildman–Crippen LogP) is 2.53. The van der Waals surface area contributed by atoms with Gasteiger partial charge in [-0.3, -0.25) is 4.79 Å². The van der Waals surface area contributed by atoms with E-state index < -0.39 is 0 Å². The van der Waals surface area contributed by atoms with Crippen molar-refractivity contribution in [3.8, 4) is 0 Å². The smallest absolute Gasteiger partial charge is 0.253 e. The first-order valence-electron chi connectivity index (χ1n) is 6.46. The number of hydrogen-bond donors (Lipinski definition) is 1.